The Balaban J connectivity index is 1.50. The first-order chi connectivity index (χ1) is 10.9. The summed E-state index contributed by atoms with van der Waals surface area (Å²) in [7, 11) is 0. The lowest BCUT2D eigenvalue weighted by Gasteiger charge is -2.28. The zero-order valence-electron chi connectivity index (χ0n) is 13.0. The maximum atomic E-state index is 5.48. The highest BCUT2D eigenvalue weighted by molar-refractivity contribution is 5.60. The van der Waals surface area contributed by atoms with Crippen molar-refractivity contribution in [2.75, 3.05) is 18.0 Å². The van der Waals surface area contributed by atoms with Crippen LogP contribution in [-0.4, -0.2) is 23.2 Å². The van der Waals surface area contributed by atoms with Crippen molar-refractivity contribution >= 4 is 5.69 Å². The number of benzene rings is 1. The molecule has 0 atom stereocenters. The number of piperidine rings is 1. The third-order valence-electron chi connectivity index (χ3n) is 4.99. The smallest absolute Gasteiger partial charge is 0.230 e. The molecule has 0 radical (unpaired) electrons. The molecule has 116 valence electrons. The largest absolute Gasteiger partial charge is 0.372 e. The van der Waals surface area contributed by atoms with E-state index in [-0.39, 0.29) is 0 Å². The van der Waals surface area contributed by atoms with Crippen molar-refractivity contribution in [1.82, 2.24) is 10.1 Å². The second kappa shape index (κ2) is 6.11. The molecule has 0 N–H and O–H groups in total. The summed E-state index contributed by atoms with van der Waals surface area (Å²) in [6, 6.07) is 8.61. The first-order valence-electron chi connectivity index (χ1n) is 8.59. The van der Waals surface area contributed by atoms with Gasteiger partial charge in [0, 0.05) is 30.3 Å². The summed E-state index contributed by atoms with van der Waals surface area (Å²) in [6.45, 7) is 2.35. The SMILES string of the molecule is c1cc(N2CCCCC2)ccc1-c1noc(C2CCCC2)n1. The lowest BCUT2D eigenvalue weighted by Crippen LogP contribution is -2.29. The highest BCUT2D eigenvalue weighted by Crippen LogP contribution is 2.34. The predicted molar refractivity (Wildman–Crippen MR) is 87.0 cm³/mol. The summed E-state index contributed by atoms with van der Waals surface area (Å²) in [5.74, 6) is 2.04. The van der Waals surface area contributed by atoms with Crippen molar-refractivity contribution in [2.45, 2.75) is 50.9 Å². The van der Waals surface area contributed by atoms with Gasteiger partial charge in [-0.15, -0.1) is 0 Å². The second-order valence-corrected chi connectivity index (χ2v) is 6.53. The molecule has 4 nitrogen and oxygen atoms in total. The van der Waals surface area contributed by atoms with E-state index in [1.165, 1.54) is 63.7 Å². The topological polar surface area (TPSA) is 42.2 Å². The van der Waals surface area contributed by atoms with Gasteiger partial charge in [0.1, 0.15) is 0 Å². The second-order valence-electron chi connectivity index (χ2n) is 6.53. The standard InChI is InChI=1S/C18H23N3O/c1-4-12-21(13-5-1)16-10-8-14(9-11-16)17-19-18(22-20-17)15-6-2-3-7-15/h8-11,15H,1-7,12-13H2. The van der Waals surface area contributed by atoms with Crippen LogP contribution < -0.4 is 4.90 Å². The molecule has 2 aliphatic rings. The van der Waals surface area contributed by atoms with E-state index in [9.17, 15) is 0 Å². The van der Waals surface area contributed by atoms with E-state index in [4.69, 9.17) is 4.52 Å². The fourth-order valence-electron chi connectivity index (χ4n) is 3.66. The molecule has 1 aliphatic heterocycles. The lowest BCUT2D eigenvalue weighted by atomic mass is 10.1. The molecule has 0 bridgehead atoms. The molecule has 2 heterocycles. The molecule has 2 fully saturated rings. The van der Waals surface area contributed by atoms with E-state index in [0.29, 0.717) is 5.92 Å². The molecule has 1 saturated heterocycles. The number of nitrogens with zero attached hydrogens (tertiary/aromatic N) is 3. The average molecular weight is 297 g/mol. The van der Waals surface area contributed by atoms with Crippen molar-refractivity contribution in [3.8, 4) is 11.4 Å². The first kappa shape index (κ1) is 13.8. The van der Waals surface area contributed by atoms with Crippen LogP contribution in [0.5, 0.6) is 0 Å². The van der Waals surface area contributed by atoms with E-state index in [1.54, 1.807) is 0 Å². The Kier molecular flexibility index (Phi) is 3.83. The molecule has 22 heavy (non-hydrogen) atoms. The normalized spacial score (nSPS) is 19.7. The third-order valence-corrected chi connectivity index (χ3v) is 4.99. The van der Waals surface area contributed by atoms with Crippen LogP contribution in [0, 0.1) is 0 Å². The van der Waals surface area contributed by atoms with Crippen LogP contribution in [0.1, 0.15) is 56.8 Å². The number of hydrogen-bond donors (Lipinski definition) is 0. The molecule has 4 rings (SSSR count). The highest BCUT2D eigenvalue weighted by Gasteiger charge is 2.23. The van der Waals surface area contributed by atoms with Crippen LogP contribution in [0.15, 0.2) is 28.8 Å². The molecule has 0 amide bonds. The third kappa shape index (κ3) is 2.74. The van der Waals surface area contributed by atoms with Gasteiger partial charge in [-0.1, -0.05) is 18.0 Å². The molecular weight excluding hydrogens is 274 g/mol. The summed E-state index contributed by atoms with van der Waals surface area (Å²) >= 11 is 0. The van der Waals surface area contributed by atoms with Crippen LogP contribution in [0.3, 0.4) is 0 Å². The number of rotatable bonds is 3. The van der Waals surface area contributed by atoms with Gasteiger partial charge >= 0.3 is 0 Å². The summed E-state index contributed by atoms with van der Waals surface area (Å²) in [5, 5.41) is 4.17. The molecule has 1 saturated carbocycles. The van der Waals surface area contributed by atoms with Crippen LogP contribution in [0.2, 0.25) is 0 Å². The molecule has 1 aromatic heterocycles. The lowest BCUT2D eigenvalue weighted by molar-refractivity contribution is 0.354. The van der Waals surface area contributed by atoms with Gasteiger partial charge < -0.3 is 9.42 Å². The van der Waals surface area contributed by atoms with Crippen LogP contribution in [-0.2, 0) is 0 Å². The highest BCUT2D eigenvalue weighted by atomic mass is 16.5. The zero-order valence-corrected chi connectivity index (χ0v) is 13.0. The number of aromatic nitrogens is 2. The Morgan fingerprint density at radius 3 is 2.36 bits per heavy atom. The van der Waals surface area contributed by atoms with E-state index in [1.807, 2.05) is 0 Å². The summed E-state index contributed by atoms with van der Waals surface area (Å²) in [6.07, 6.45) is 8.92. The summed E-state index contributed by atoms with van der Waals surface area (Å²) in [4.78, 5) is 7.08. The van der Waals surface area contributed by atoms with E-state index >= 15 is 0 Å². The maximum absolute atomic E-state index is 5.48. The van der Waals surface area contributed by atoms with Crippen molar-refractivity contribution in [3.63, 3.8) is 0 Å². The molecule has 0 unspecified atom stereocenters. The van der Waals surface area contributed by atoms with Gasteiger partial charge in [-0.05, 0) is 56.4 Å². The fourth-order valence-corrected chi connectivity index (χ4v) is 3.66. The predicted octanol–water partition coefficient (Wildman–Crippen LogP) is 4.38. The molecule has 2 aromatic rings. The molecule has 0 spiro atoms. The van der Waals surface area contributed by atoms with Gasteiger partial charge in [-0.3, -0.25) is 0 Å². The van der Waals surface area contributed by atoms with Crippen molar-refractivity contribution in [1.29, 1.82) is 0 Å². The molecule has 1 aliphatic carbocycles. The minimum absolute atomic E-state index is 0.480. The Hall–Kier alpha value is -1.84. The van der Waals surface area contributed by atoms with Gasteiger partial charge in [0.05, 0.1) is 0 Å². The van der Waals surface area contributed by atoms with Crippen LogP contribution >= 0.6 is 0 Å². The van der Waals surface area contributed by atoms with Crippen molar-refractivity contribution < 1.29 is 4.52 Å². The zero-order chi connectivity index (χ0) is 14.8. The Morgan fingerprint density at radius 1 is 0.909 bits per heavy atom. The van der Waals surface area contributed by atoms with Gasteiger partial charge in [0.15, 0.2) is 0 Å². The maximum Gasteiger partial charge on any atom is 0.230 e. The molecule has 1 aromatic carbocycles. The Labute approximate surface area is 131 Å². The summed E-state index contributed by atoms with van der Waals surface area (Å²) in [5.41, 5.74) is 2.36. The van der Waals surface area contributed by atoms with E-state index in [2.05, 4.69) is 39.3 Å². The van der Waals surface area contributed by atoms with Crippen molar-refractivity contribution in [3.05, 3.63) is 30.2 Å². The van der Waals surface area contributed by atoms with Gasteiger partial charge in [-0.2, -0.15) is 4.98 Å². The Morgan fingerprint density at radius 2 is 1.64 bits per heavy atom. The minimum atomic E-state index is 0.480. The van der Waals surface area contributed by atoms with Crippen LogP contribution in [0.25, 0.3) is 11.4 Å². The summed E-state index contributed by atoms with van der Waals surface area (Å²) < 4.78 is 5.48. The monoisotopic (exact) mass is 297 g/mol. The molecular formula is C18H23N3O. The molecule has 4 heteroatoms. The van der Waals surface area contributed by atoms with E-state index < -0.39 is 0 Å². The Bertz CT molecular complexity index is 608. The van der Waals surface area contributed by atoms with Crippen molar-refractivity contribution in [2.24, 2.45) is 0 Å². The first-order valence-corrected chi connectivity index (χ1v) is 8.59. The van der Waals surface area contributed by atoms with Gasteiger partial charge in [-0.25, -0.2) is 0 Å². The van der Waals surface area contributed by atoms with Gasteiger partial charge in [0.2, 0.25) is 11.7 Å². The van der Waals surface area contributed by atoms with Crippen LogP contribution in [0.4, 0.5) is 5.69 Å². The van der Waals surface area contributed by atoms with E-state index in [0.717, 1.165) is 17.3 Å². The average Bonchev–Trinajstić information content (AvgIpc) is 3.27. The minimum Gasteiger partial charge on any atom is -0.372 e. The number of anilines is 1. The number of hydrogen-bond acceptors (Lipinski definition) is 4. The quantitative estimate of drug-likeness (QED) is 0.843. The fraction of sp³-hybridized carbons (Fsp3) is 0.556. The van der Waals surface area contributed by atoms with Gasteiger partial charge in [0.25, 0.3) is 0 Å².